The van der Waals surface area contributed by atoms with Crippen LogP contribution in [0, 0.1) is 34.5 Å². The highest BCUT2D eigenvalue weighted by molar-refractivity contribution is 5.22. The van der Waals surface area contributed by atoms with Gasteiger partial charge in [0.2, 0.25) is 0 Å². The van der Waals surface area contributed by atoms with Crippen LogP contribution in [0.4, 0.5) is 0 Å². The van der Waals surface area contributed by atoms with Crippen molar-refractivity contribution in [2.45, 2.75) is 59.8 Å². The first-order valence-corrected chi connectivity index (χ1v) is 6.80. The third-order valence-electron chi connectivity index (χ3n) is 5.94. The summed E-state index contributed by atoms with van der Waals surface area (Å²) >= 11 is 0. The molecule has 3 fully saturated rings. The molecule has 0 N–H and O–H groups in total. The highest BCUT2D eigenvalue weighted by Gasteiger charge is 2.68. The lowest BCUT2D eigenvalue weighted by Crippen LogP contribution is -2.34. The summed E-state index contributed by atoms with van der Waals surface area (Å²) in [6.07, 6.45) is 7.38. The van der Waals surface area contributed by atoms with Crippen LogP contribution in [-0.4, -0.2) is 0 Å². The minimum atomic E-state index is 0.616. The molecule has 84 valence electrons. The van der Waals surface area contributed by atoms with Crippen molar-refractivity contribution < 1.29 is 0 Å². The predicted octanol–water partition coefficient (Wildman–Crippen LogP) is 4.45. The van der Waals surface area contributed by atoms with Crippen molar-refractivity contribution in [3.05, 3.63) is 5.92 Å². The zero-order valence-corrected chi connectivity index (χ0v) is 10.8. The monoisotopic (exact) mass is 205 g/mol. The van der Waals surface area contributed by atoms with E-state index in [1.54, 1.807) is 0 Å². The molecule has 0 saturated heterocycles. The number of rotatable bonds is 0. The van der Waals surface area contributed by atoms with Gasteiger partial charge < -0.3 is 0 Å². The van der Waals surface area contributed by atoms with Crippen molar-refractivity contribution in [2.24, 2.45) is 28.6 Å². The molecule has 3 saturated carbocycles. The highest BCUT2D eigenvalue weighted by atomic mass is 14.7. The second-order valence-corrected chi connectivity index (χ2v) is 7.46. The Morgan fingerprint density at radius 3 is 2.60 bits per heavy atom. The Kier molecular flexibility index (Phi) is 1.85. The molecule has 15 heavy (non-hydrogen) atoms. The quantitative estimate of drug-likeness (QED) is 0.512. The summed E-state index contributed by atoms with van der Waals surface area (Å²) in [4.78, 5) is 0. The average Bonchev–Trinajstić information content (AvgIpc) is 2.53. The van der Waals surface area contributed by atoms with Gasteiger partial charge in [-0.1, -0.05) is 20.8 Å². The molecule has 0 heterocycles. The summed E-state index contributed by atoms with van der Waals surface area (Å²) in [7, 11) is 0. The average molecular weight is 205 g/mol. The standard InChI is InChI=1S/C15H25/c1-10-5-6-12-13-11(10)7-8-15(13,4)9-14(12,2)3/h10,12-13H,5-9H2,1-4H3/q+1/t10-,12-,13-,15+/m1/s1. The second kappa shape index (κ2) is 2.76. The first-order chi connectivity index (χ1) is 6.94. The molecule has 0 aliphatic heterocycles. The molecule has 3 rings (SSSR count). The summed E-state index contributed by atoms with van der Waals surface area (Å²) in [5.74, 6) is 4.90. The van der Waals surface area contributed by atoms with E-state index >= 15 is 0 Å². The summed E-state index contributed by atoms with van der Waals surface area (Å²) < 4.78 is 0. The van der Waals surface area contributed by atoms with E-state index in [-0.39, 0.29) is 0 Å². The van der Waals surface area contributed by atoms with E-state index in [1.807, 2.05) is 5.92 Å². The lowest BCUT2D eigenvalue weighted by Gasteiger charge is -2.35. The van der Waals surface area contributed by atoms with Crippen LogP contribution < -0.4 is 0 Å². The Labute approximate surface area is 94.8 Å². The van der Waals surface area contributed by atoms with Crippen LogP contribution in [-0.2, 0) is 0 Å². The Balaban J connectivity index is 2.00. The summed E-state index contributed by atoms with van der Waals surface area (Å²) in [6.45, 7) is 10.1. The molecule has 0 aromatic heterocycles. The van der Waals surface area contributed by atoms with Gasteiger partial charge in [-0.15, -0.1) is 0 Å². The Morgan fingerprint density at radius 1 is 1.13 bits per heavy atom. The molecule has 0 spiro atoms. The minimum Gasteiger partial charge on any atom is -0.0594 e. The van der Waals surface area contributed by atoms with Gasteiger partial charge in [-0.25, -0.2) is 0 Å². The first kappa shape index (κ1) is 10.1. The van der Waals surface area contributed by atoms with Gasteiger partial charge in [-0.3, -0.25) is 0 Å². The van der Waals surface area contributed by atoms with Crippen molar-refractivity contribution >= 4 is 0 Å². The Morgan fingerprint density at radius 2 is 1.87 bits per heavy atom. The van der Waals surface area contributed by atoms with E-state index in [1.165, 1.54) is 32.1 Å². The van der Waals surface area contributed by atoms with E-state index in [2.05, 4.69) is 27.7 Å². The Hall–Kier alpha value is -0.130. The van der Waals surface area contributed by atoms with Crippen molar-refractivity contribution in [1.29, 1.82) is 0 Å². The van der Waals surface area contributed by atoms with Crippen LogP contribution in [0.15, 0.2) is 0 Å². The zero-order valence-electron chi connectivity index (χ0n) is 10.8. The molecule has 0 aromatic rings. The Bertz CT molecular complexity index is 278. The fourth-order valence-electron chi connectivity index (χ4n) is 5.48. The van der Waals surface area contributed by atoms with Gasteiger partial charge in [0.15, 0.2) is 0 Å². The summed E-state index contributed by atoms with van der Waals surface area (Å²) in [6, 6.07) is 0. The van der Waals surface area contributed by atoms with E-state index in [0.29, 0.717) is 10.8 Å². The lowest BCUT2D eigenvalue weighted by atomic mass is 9.63. The molecule has 0 aromatic carbocycles. The maximum atomic E-state index is 2.57. The largest absolute Gasteiger partial charge is 0.109 e. The fraction of sp³-hybridized carbons (Fsp3) is 0.933. The van der Waals surface area contributed by atoms with Gasteiger partial charge in [-0.2, -0.15) is 0 Å². The van der Waals surface area contributed by atoms with Crippen LogP contribution in [0.25, 0.3) is 0 Å². The van der Waals surface area contributed by atoms with Crippen LogP contribution in [0.5, 0.6) is 0 Å². The normalized spacial score (nSPS) is 52.0. The summed E-state index contributed by atoms with van der Waals surface area (Å²) in [5.41, 5.74) is 1.30. The fourth-order valence-corrected chi connectivity index (χ4v) is 5.48. The van der Waals surface area contributed by atoms with Gasteiger partial charge in [0.1, 0.15) is 5.92 Å². The van der Waals surface area contributed by atoms with Gasteiger partial charge in [0, 0.05) is 11.3 Å². The zero-order chi connectivity index (χ0) is 10.8. The van der Waals surface area contributed by atoms with Gasteiger partial charge in [0.05, 0.1) is 18.3 Å². The summed E-state index contributed by atoms with van der Waals surface area (Å²) in [5, 5.41) is 0. The second-order valence-electron chi connectivity index (χ2n) is 7.46. The molecular formula is C15H25+. The van der Waals surface area contributed by atoms with E-state index in [4.69, 9.17) is 0 Å². The van der Waals surface area contributed by atoms with Crippen LogP contribution in [0.1, 0.15) is 59.8 Å². The van der Waals surface area contributed by atoms with Crippen LogP contribution >= 0.6 is 0 Å². The molecule has 0 heteroatoms. The molecule has 0 radical (unpaired) electrons. The molecule has 4 atom stereocenters. The van der Waals surface area contributed by atoms with Crippen molar-refractivity contribution in [1.82, 2.24) is 0 Å². The van der Waals surface area contributed by atoms with Crippen molar-refractivity contribution in [3.63, 3.8) is 0 Å². The lowest BCUT2D eigenvalue weighted by molar-refractivity contribution is 0.149. The molecule has 3 aliphatic rings. The first-order valence-electron chi connectivity index (χ1n) is 6.80. The molecule has 0 nitrogen and oxygen atoms in total. The van der Waals surface area contributed by atoms with E-state index < -0.39 is 0 Å². The van der Waals surface area contributed by atoms with Crippen LogP contribution in [0.3, 0.4) is 0 Å². The molecule has 0 amide bonds. The van der Waals surface area contributed by atoms with Crippen molar-refractivity contribution in [2.75, 3.05) is 0 Å². The number of hydrogen-bond acceptors (Lipinski definition) is 0. The molecule has 3 aliphatic carbocycles. The van der Waals surface area contributed by atoms with Gasteiger partial charge in [0.25, 0.3) is 0 Å². The van der Waals surface area contributed by atoms with Crippen LogP contribution in [0.2, 0.25) is 0 Å². The van der Waals surface area contributed by atoms with E-state index in [0.717, 1.165) is 17.8 Å². The maximum Gasteiger partial charge on any atom is 0.109 e. The van der Waals surface area contributed by atoms with E-state index in [9.17, 15) is 0 Å². The predicted molar refractivity (Wildman–Crippen MR) is 64.4 cm³/mol. The highest BCUT2D eigenvalue weighted by Crippen LogP contribution is 2.70. The topological polar surface area (TPSA) is 0 Å². The maximum absolute atomic E-state index is 2.57. The SMILES string of the molecule is C[C@@H]1CC[C@@H]2[C@H]3[C+]1CC[C@@]3(C)CC2(C)C. The number of hydrogen-bond donors (Lipinski definition) is 0. The molecule has 0 unspecified atom stereocenters. The molecular weight excluding hydrogens is 180 g/mol. The van der Waals surface area contributed by atoms with Crippen molar-refractivity contribution in [3.8, 4) is 0 Å². The van der Waals surface area contributed by atoms with Gasteiger partial charge in [-0.05, 0) is 38.0 Å². The molecule has 0 bridgehead atoms. The third kappa shape index (κ3) is 1.17. The minimum absolute atomic E-state index is 0.616. The van der Waals surface area contributed by atoms with Gasteiger partial charge >= 0.3 is 0 Å². The smallest absolute Gasteiger partial charge is 0.0594 e. The third-order valence-corrected chi connectivity index (χ3v) is 5.94.